The number of carboxylic acid groups (broad SMARTS) is 1. The highest BCUT2D eigenvalue weighted by Gasteiger charge is 2.41. The first-order valence-electron chi connectivity index (χ1n) is 12.0. The molecule has 1 saturated heterocycles. The highest BCUT2D eigenvalue weighted by molar-refractivity contribution is 9.10. The largest absolute Gasteiger partial charge is 0.480 e. The molecule has 1 fully saturated rings. The molecule has 0 radical (unpaired) electrons. The van der Waals surface area contributed by atoms with Crippen LogP contribution in [-0.4, -0.2) is 57.9 Å². The maximum Gasteiger partial charge on any atom is 0.409 e. The zero-order valence-electron chi connectivity index (χ0n) is 20.0. The lowest BCUT2D eigenvalue weighted by Gasteiger charge is -2.31. The summed E-state index contributed by atoms with van der Waals surface area (Å²) in [5, 5.41) is 9.26. The first kappa shape index (κ1) is 24.5. The van der Waals surface area contributed by atoms with Crippen LogP contribution in [0.5, 0.6) is 0 Å². The molecule has 0 bridgehead atoms. The third-order valence-electron chi connectivity index (χ3n) is 7.11. The highest BCUT2D eigenvalue weighted by atomic mass is 79.9. The Kier molecular flexibility index (Phi) is 6.85. The van der Waals surface area contributed by atoms with Gasteiger partial charge in [-0.15, -0.1) is 0 Å². The van der Waals surface area contributed by atoms with Crippen LogP contribution in [-0.2, 0) is 26.9 Å². The summed E-state index contributed by atoms with van der Waals surface area (Å²) < 4.78 is 14.3. The zero-order valence-corrected chi connectivity index (χ0v) is 21.6. The number of rotatable bonds is 6. The van der Waals surface area contributed by atoms with Crippen LogP contribution in [0.1, 0.15) is 42.1 Å². The molecule has 2 aliphatic rings. The molecule has 5 rings (SSSR count). The van der Waals surface area contributed by atoms with E-state index in [1.165, 1.54) is 22.3 Å². The number of hydrogen-bond acceptors (Lipinski definition) is 5. The lowest BCUT2D eigenvalue weighted by Crippen LogP contribution is -2.37. The van der Waals surface area contributed by atoms with Crippen LogP contribution in [0.25, 0.3) is 11.1 Å². The van der Waals surface area contributed by atoms with Crippen molar-refractivity contribution >= 4 is 28.0 Å². The van der Waals surface area contributed by atoms with Crippen LogP contribution in [0, 0.1) is 0 Å². The molecule has 0 spiro atoms. The first-order valence-corrected chi connectivity index (χ1v) is 12.8. The SMILES string of the molecule is Cn1cc(Br)nc1C1(OCC(=O)O)CCCN(C(=O)OCC2c3ccccc3-c3ccccc32)CC1. The maximum absolute atomic E-state index is 13.2. The van der Waals surface area contributed by atoms with Gasteiger partial charge in [0.15, 0.2) is 0 Å². The molecule has 36 heavy (non-hydrogen) atoms. The van der Waals surface area contributed by atoms with E-state index in [0.29, 0.717) is 42.8 Å². The Morgan fingerprint density at radius 1 is 1.08 bits per heavy atom. The Morgan fingerprint density at radius 2 is 1.75 bits per heavy atom. The number of aromatic nitrogens is 2. The number of hydrogen-bond donors (Lipinski definition) is 1. The monoisotopic (exact) mass is 553 g/mol. The number of fused-ring (bicyclic) bond motifs is 3. The van der Waals surface area contributed by atoms with Gasteiger partial charge in [0.2, 0.25) is 0 Å². The summed E-state index contributed by atoms with van der Waals surface area (Å²) in [4.78, 5) is 30.7. The summed E-state index contributed by atoms with van der Waals surface area (Å²) >= 11 is 3.40. The van der Waals surface area contributed by atoms with Crippen LogP contribution < -0.4 is 0 Å². The molecule has 3 aromatic rings. The molecular formula is C27H28BrN3O5. The average Bonchev–Trinajstić information content (AvgIpc) is 3.28. The van der Waals surface area contributed by atoms with Gasteiger partial charge in [0.05, 0.1) is 0 Å². The number of nitrogens with zero attached hydrogens (tertiary/aromatic N) is 3. The molecule has 1 unspecified atom stereocenters. The Morgan fingerprint density at radius 3 is 2.36 bits per heavy atom. The van der Waals surface area contributed by atoms with Gasteiger partial charge in [-0.1, -0.05) is 48.5 Å². The topological polar surface area (TPSA) is 93.9 Å². The number of imidazole rings is 1. The summed E-state index contributed by atoms with van der Waals surface area (Å²) in [5.41, 5.74) is 3.81. The second-order valence-electron chi connectivity index (χ2n) is 9.32. The third kappa shape index (κ3) is 4.65. The molecule has 2 aromatic carbocycles. The molecular weight excluding hydrogens is 526 g/mol. The van der Waals surface area contributed by atoms with Crippen LogP contribution in [0.2, 0.25) is 0 Å². The molecule has 0 saturated carbocycles. The van der Waals surface area contributed by atoms with Crippen molar-refractivity contribution in [2.75, 3.05) is 26.3 Å². The van der Waals surface area contributed by atoms with Gasteiger partial charge in [-0.3, -0.25) is 0 Å². The van der Waals surface area contributed by atoms with E-state index in [-0.39, 0.29) is 18.6 Å². The quantitative estimate of drug-likeness (QED) is 0.466. The van der Waals surface area contributed by atoms with Gasteiger partial charge in [0, 0.05) is 38.7 Å². The number of likely N-dealkylation sites (tertiary alicyclic amines) is 1. The van der Waals surface area contributed by atoms with Gasteiger partial charge >= 0.3 is 12.1 Å². The fraction of sp³-hybridized carbons (Fsp3) is 0.370. The number of benzene rings is 2. The number of aliphatic carboxylic acids is 1. The van der Waals surface area contributed by atoms with Crippen molar-refractivity contribution in [2.45, 2.75) is 30.8 Å². The second-order valence-corrected chi connectivity index (χ2v) is 10.1. The van der Waals surface area contributed by atoms with E-state index in [4.69, 9.17) is 9.47 Å². The van der Waals surface area contributed by atoms with Crippen molar-refractivity contribution in [2.24, 2.45) is 7.05 Å². The van der Waals surface area contributed by atoms with Crippen LogP contribution in [0.4, 0.5) is 4.79 Å². The summed E-state index contributed by atoms with van der Waals surface area (Å²) in [5.74, 6) is -0.401. The minimum Gasteiger partial charge on any atom is -0.480 e. The van der Waals surface area contributed by atoms with Crippen LogP contribution in [0.3, 0.4) is 0 Å². The lowest BCUT2D eigenvalue weighted by molar-refractivity contribution is -0.152. The number of carbonyl (C=O) groups excluding carboxylic acids is 1. The summed E-state index contributed by atoms with van der Waals surface area (Å²) in [7, 11) is 1.85. The predicted molar refractivity (Wildman–Crippen MR) is 137 cm³/mol. The molecule has 1 aliphatic heterocycles. The molecule has 2 heterocycles. The second kappa shape index (κ2) is 10.1. The van der Waals surface area contributed by atoms with Crippen molar-refractivity contribution in [3.8, 4) is 11.1 Å². The number of ether oxygens (including phenoxy) is 2. The molecule has 188 valence electrons. The number of halogens is 1. The average molecular weight is 554 g/mol. The standard InChI is InChI=1S/C27H28BrN3O5/c1-30-15-23(28)29-25(30)27(36-17-24(32)33)11-6-13-31(14-12-27)26(34)35-16-22-20-9-4-2-7-18(20)19-8-3-5-10-21(19)22/h2-5,7-10,15,22H,6,11-14,16-17H2,1H3,(H,32,33). The van der Waals surface area contributed by atoms with E-state index >= 15 is 0 Å². The normalized spacial score (nSPS) is 19.4. The molecule has 1 amide bonds. The van der Waals surface area contributed by atoms with E-state index in [9.17, 15) is 14.7 Å². The smallest absolute Gasteiger partial charge is 0.409 e. The fourth-order valence-electron chi connectivity index (χ4n) is 5.46. The lowest BCUT2D eigenvalue weighted by atomic mass is 9.93. The minimum atomic E-state index is -1.04. The predicted octanol–water partition coefficient (Wildman–Crippen LogP) is 4.91. The van der Waals surface area contributed by atoms with Gasteiger partial charge in [-0.05, 0) is 51.0 Å². The summed E-state index contributed by atoms with van der Waals surface area (Å²) in [6, 6.07) is 16.5. The van der Waals surface area contributed by atoms with E-state index in [1.807, 2.05) is 42.1 Å². The van der Waals surface area contributed by atoms with E-state index in [1.54, 1.807) is 4.90 Å². The van der Waals surface area contributed by atoms with Gasteiger partial charge in [-0.25, -0.2) is 14.6 Å². The van der Waals surface area contributed by atoms with Crippen LogP contribution in [0.15, 0.2) is 59.3 Å². The third-order valence-corrected chi connectivity index (χ3v) is 7.50. The number of carboxylic acids is 1. The minimum absolute atomic E-state index is 0.00348. The molecule has 9 heteroatoms. The highest BCUT2D eigenvalue weighted by Crippen LogP contribution is 2.44. The molecule has 1 N–H and O–H groups in total. The van der Waals surface area contributed by atoms with Gasteiger partial charge in [0.1, 0.15) is 29.2 Å². The summed E-state index contributed by atoms with van der Waals surface area (Å²) in [6.07, 6.45) is 3.04. The van der Waals surface area contributed by atoms with Gasteiger partial charge in [-0.2, -0.15) is 0 Å². The van der Waals surface area contributed by atoms with E-state index in [0.717, 1.165) is 0 Å². The molecule has 8 nitrogen and oxygen atoms in total. The van der Waals surface area contributed by atoms with Crippen molar-refractivity contribution in [1.29, 1.82) is 0 Å². The van der Waals surface area contributed by atoms with Gasteiger partial charge in [0.25, 0.3) is 0 Å². The Balaban J connectivity index is 1.29. The Hall–Kier alpha value is -3.17. The maximum atomic E-state index is 13.2. The molecule has 1 atom stereocenters. The Labute approximate surface area is 218 Å². The first-order chi connectivity index (χ1) is 17.4. The Bertz CT molecular complexity index is 1250. The van der Waals surface area contributed by atoms with Crippen molar-refractivity contribution in [3.05, 3.63) is 76.3 Å². The zero-order chi connectivity index (χ0) is 25.3. The number of carbonyl (C=O) groups is 2. The number of aryl methyl sites for hydroxylation is 1. The molecule has 1 aliphatic carbocycles. The van der Waals surface area contributed by atoms with E-state index in [2.05, 4.69) is 45.2 Å². The van der Waals surface area contributed by atoms with Crippen molar-refractivity contribution in [1.82, 2.24) is 14.5 Å². The van der Waals surface area contributed by atoms with Crippen molar-refractivity contribution < 1.29 is 24.2 Å². The summed E-state index contributed by atoms with van der Waals surface area (Å²) in [6.45, 7) is 0.701. The number of amides is 1. The van der Waals surface area contributed by atoms with Crippen LogP contribution >= 0.6 is 15.9 Å². The van der Waals surface area contributed by atoms with Gasteiger partial charge < -0.3 is 24.0 Å². The van der Waals surface area contributed by atoms with E-state index < -0.39 is 18.2 Å². The fourth-order valence-corrected chi connectivity index (χ4v) is 5.94. The van der Waals surface area contributed by atoms with Crippen molar-refractivity contribution in [3.63, 3.8) is 0 Å². The molecule has 1 aromatic heterocycles.